The van der Waals surface area contributed by atoms with E-state index in [0.29, 0.717) is 17.5 Å². The standard InChI is InChI=1S/C58H39N3/c1-6-18-40(19-7-1)41-30-32-44(33-31-41)56-59-55(43-22-10-3-11-23-43)60-57(61-56)46-34-36-49(51(39-46)42-20-8-2-9-21-42)45-35-37-54-52(38-45)50-28-16-17-29-53(50)58(54,47-24-12-4-13-25-47)48-26-14-5-15-27-48/h1-39H. The predicted octanol–water partition coefficient (Wildman–Crippen LogP) is 14.2. The van der Waals surface area contributed by atoms with E-state index in [-0.39, 0.29) is 0 Å². The summed E-state index contributed by atoms with van der Waals surface area (Å²) in [6.45, 7) is 0. The maximum atomic E-state index is 5.16. The van der Waals surface area contributed by atoms with Crippen molar-refractivity contribution in [2.45, 2.75) is 5.41 Å². The highest BCUT2D eigenvalue weighted by Crippen LogP contribution is 2.57. The van der Waals surface area contributed by atoms with E-state index in [0.717, 1.165) is 44.5 Å². The SMILES string of the molecule is c1ccc(-c2ccc(-c3nc(-c4ccccc4)nc(-c4ccc(-c5ccc6c(c5)-c5ccccc5C6(c5ccccc5)c5ccccc5)c(-c5ccccc5)c4)n3)cc2)cc1. The van der Waals surface area contributed by atoms with Gasteiger partial charge in [0.25, 0.3) is 0 Å². The van der Waals surface area contributed by atoms with E-state index in [9.17, 15) is 0 Å². The summed E-state index contributed by atoms with van der Waals surface area (Å²) in [4.78, 5) is 15.3. The molecule has 10 aromatic rings. The molecular formula is C58H39N3. The third kappa shape index (κ3) is 6.35. The average molecular weight is 778 g/mol. The van der Waals surface area contributed by atoms with Gasteiger partial charge < -0.3 is 0 Å². The molecule has 0 amide bonds. The van der Waals surface area contributed by atoms with Crippen LogP contribution in [0, 0.1) is 0 Å². The minimum atomic E-state index is -0.451. The molecule has 61 heavy (non-hydrogen) atoms. The molecule has 0 aliphatic heterocycles. The van der Waals surface area contributed by atoms with Gasteiger partial charge in [-0.15, -0.1) is 0 Å². The van der Waals surface area contributed by atoms with E-state index in [4.69, 9.17) is 15.0 Å². The van der Waals surface area contributed by atoms with Crippen molar-refractivity contribution in [3.63, 3.8) is 0 Å². The van der Waals surface area contributed by atoms with Crippen molar-refractivity contribution >= 4 is 0 Å². The van der Waals surface area contributed by atoms with Gasteiger partial charge in [-0.05, 0) is 78.9 Å². The molecule has 9 aromatic carbocycles. The zero-order valence-corrected chi connectivity index (χ0v) is 33.4. The van der Waals surface area contributed by atoms with Crippen molar-refractivity contribution in [1.29, 1.82) is 0 Å². The van der Waals surface area contributed by atoms with Gasteiger partial charge in [0, 0.05) is 16.7 Å². The molecule has 0 unspecified atom stereocenters. The fraction of sp³-hybridized carbons (Fsp3) is 0.0172. The summed E-state index contributed by atoms with van der Waals surface area (Å²) < 4.78 is 0. The maximum Gasteiger partial charge on any atom is 0.164 e. The first-order valence-electron chi connectivity index (χ1n) is 20.8. The summed E-state index contributed by atoms with van der Waals surface area (Å²) in [7, 11) is 0. The van der Waals surface area contributed by atoms with Gasteiger partial charge in [-0.3, -0.25) is 0 Å². The van der Waals surface area contributed by atoms with Crippen LogP contribution in [0.2, 0.25) is 0 Å². The normalized spacial score (nSPS) is 12.4. The van der Waals surface area contributed by atoms with Gasteiger partial charge in [-0.1, -0.05) is 224 Å². The lowest BCUT2D eigenvalue weighted by Gasteiger charge is -2.33. The van der Waals surface area contributed by atoms with Crippen LogP contribution in [0.1, 0.15) is 22.3 Å². The minimum absolute atomic E-state index is 0.451. The van der Waals surface area contributed by atoms with E-state index in [1.807, 2.05) is 24.3 Å². The van der Waals surface area contributed by atoms with Crippen molar-refractivity contribution in [2.75, 3.05) is 0 Å². The second-order valence-corrected chi connectivity index (χ2v) is 15.5. The Balaban J connectivity index is 1.07. The molecule has 1 aliphatic rings. The third-order valence-electron chi connectivity index (χ3n) is 12.0. The monoisotopic (exact) mass is 777 g/mol. The fourth-order valence-electron chi connectivity index (χ4n) is 9.20. The Morgan fingerprint density at radius 3 is 1.23 bits per heavy atom. The summed E-state index contributed by atoms with van der Waals surface area (Å²) in [6, 6.07) is 84.3. The molecule has 11 rings (SSSR count). The molecule has 3 nitrogen and oxygen atoms in total. The molecule has 0 N–H and O–H groups in total. The number of hydrogen-bond donors (Lipinski definition) is 0. The number of rotatable bonds is 8. The second kappa shape index (κ2) is 15.3. The maximum absolute atomic E-state index is 5.16. The second-order valence-electron chi connectivity index (χ2n) is 15.5. The molecular weight excluding hydrogens is 739 g/mol. The van der Waals surface area contributed by atoms with Crippen molar-refractivity contribution in [1.82, 2.24) is 15.0 Å². The third-order valence-corrected chi connectivity index (χ3v) is 12.0. The van der Waals surface area contributed by atoms with Gasteiger partial charge >= 0.3 is 0 Å². The summed E-state index contributed by atoms with van der Waals surface area (Å²) >= 11 is 0. The molecule has 0 spiro atoms. The molecule has 0 radical (unpaired) electrons. The lowest BCUT2D eigenvalue weighted by Crippen LogP contribution is -2.28. The van der Waals surface area contributed by atoms with E-state index < -0.39 is 5.41 Å². The largest absolute Gasteiger partial charge is 0.208 e. The predicted molar refractivity (Wildman–Crippen MR) is 250 cm³/mol. The minimum Gasteiger partial charge on any atom is -0.208 e. The van der Waals surface area contributed by atoms with Crippen LogP contribution >= 0.6 is 0 Å². The summed E-state index contributed by atoms with van der Waals surface area (Å²) in [5, 5.41) is 0. The van der Waals surface area contributed by atoms with Crippen molar-refractivity contribution in [2.24, 2.45) is 0 Å². The van der Waals surface area contributed by atoms with Crippen molar-refractivity contribution < 1.29 is 0 Å². The highest BCUT2D eigenvalue weighted by Gasteiger charge is 2.46. The van der Waals surface area contributed by atoms with Crippen LogP contribution in [0.15, 0.2) is 237 Å². The topological polar surface area (TPSA) is 38.7 Å². The average Bonchev–Trinajstić information content (AvgIpc) is 3.65. The molecule has 1 heterocycles. The van der Waals surface area contributed by atoms with E-state index in [1.165, 1.54) is 38.9 Å². The molecule has 0 bridgehead atoms. The molecule has 0 saturated heterocycles. The number of aromatic nitrogens is 3. The summed E-state index contributed by atoms with van der Waals surface area (Å²) in [5.74, 6) is 1.89. The number of benzene rings is 9. The Hall–Kier alpha value is -8.01. The number of nitrogens with zero attached hydrogens (tertiary/aromatic N) is 3. The Kier molecular flexibility index (Phi) is 9.05. The summed E-state index contributed by atoms with van der Waals surface area (Å²) in [6.07, 6.45) is 0. The number of fused-ring (bicyclic) bond motifs is 3. The Morgan fingerprint density at radius 1 is 0.230 bits per heavy atom. The molecule has 0 atom stereocenters. The molecule has 1 aliphatic carbocycles. The van der Waals surface area contributed by atoms with Crippen molar-refractivity contribution in [3.05, 3.63) is 259 Å². The smallest absolute Gasteiger partial charge is 0.164 e. The molecule has 0 saturated carbocycles. The highest BCUT2D eigenvalue weighted by molar-refractivity contribution is 5.92. The van der Waals surface area contributed by atoms with Crippen LogP contribution in [-0.4, -0.2) is 15.0 Å². The lowest BCUT2D eigenvalue weighted by molar-refractivity contribution is 0.768. The van der Waals surface area contributed by atoms with Crippen LogP contribution in [-0.2, 0) is 5.41 Å². The molecule has 0 fully saturated rings. The fourth-order valence-corrected chi connectivity index (χ4v) is 9.20. The molecule has 286 valence electrons. The van der Waals surface area contributed by atoms with Crippen LogP contribution in [0.25, 0.3) is 78.7 Å². The Morgan fingerprint density at radius 2 is 0.623 bits per heavy atom. The first kappa shape index (κ1) is 36.1. The molecule has 3 heteroatoms. The van der Waals surface area contributed by atoms with E-state index in [1.54, 1.807) is 0 Å². The quantitative estimate of drug-likeness (QED) is 0.154. The van der Waals surface area contributed by atoms with E-state index >= 15 is 0 Å². The van der Waals surface area contributed by atoms with Crippen LogP contribution in [0.3, 0.4) is 0 Å². The molecule has 1 aromatic heterocycles. The first-order valence-corrected chi connectivity index (χ1v) is 20.8. The summed E-state index contributed by atoms with van der Waals surface area (Å²) in [5.41, 5.74) is 16.8. The Bertz CT molecular complexity index is 3110. The lowest BCUT2D eigenvalue weighted by atomic mass is 9.67. The van der Waals surface area contributed by atoms with Gasteiger partial charge in [-0.2, -0.15) is 0 Å². The highest BCUT2D eigenvalue weighted by atomic mass is 15.0. The van der Waals surface area contributed by atoms with Crippen molar-refractivity contribution in [3.8, 4) is 78.7 Å². The van der Waals surface area contributed by atoms with E-state index in [2.05, 4.69) is 212 Å². The Labute approximate surface area is 356 Å². The van der Waals surface area contributed by atoms with Gasteiger partial charge in [0.1, 0.15) is 0 Å². The van der Waals surface area contributed by atoms with Crippen LogP contribution < -0.4 is 0 Å². The van der Waals surface area contributed by atoms with Gasteiger partial charge in [0.2, 0.25) is 0 Å². The van der Waals surface area contributed by atoms with Crippen LogP contribution in [0.4, 0.5) is 0 Å². The first-order chi connectivity index (χ1) is 30.2. The van der Waals surface area contributed by atoms with Gasteiger partial charge in [0.15, 0.2) is 17.5 Å². The zero-order valence-electron chi connectivity index (χ0n) is 33.4. The van der Waals surface area contributed by atoms with Crippen LogP contribution in [0.5, 0.6) is 0 Å². The number of hydrogen-bond acceptors (Lipinski definition) is 3. The van der Waals surface area contributed by atoms with Gasteiger partial charge in [-0.25, -0.2) is 15.0 Å². The zero-order chi connectivity index (χ0) is 40.6. The van der Waals surface area contributed by atoms with Gasteiger partial charge in [0.05, 0.1) is 5.41 Å².